The van der Waals surface area contributed by atoms with Crippen molar-refractivity contribution in [3.8, 4) is 0 Å². The van der Waals surface area contributed by atoms with Gasteiger partial charge in [0.25, 0.3) is 0 Å². The molecule has 0 aliphatic heterocycles. The molecule has 0 nitrogen and oxygen atoms in total. The summed E-state index contributed by atoms with van der Waals surface area (Å²) in [5.74, 6) is -0.260. The molecule has 0 amide bonds. The van der Waals surface area contributed by atoms with E-state index < -0.39 is 0 Å². The van der Waals surface area contributed by atoms with Crippen LogP contribution in [0, 0.1) is 19.7 Å². The summed E-state index contributed by atoms with van der Waals surface area (Å²) in [6.07, 6.45) is 0.831. The zero-order valence-electron chi connectivity index (χ0n) is 10.9. The molecule has 3 heteroatoms. The molecule has 2 aromatic rings. The van der Waals surface area contributed by atoms with Gasteiger partial charge in [0.1, 0.15) is 5.82 Å². The van der Waals surface area contributed by atoms with Crippen LogP contribution in [0.15, 0.2) is 36.4 Å². The maximum Gasteiger partial charge on any atom is 0.127 e. The van der Waals surface area contributed by atoms with E-state index in [1.54, 1.807) is 6.92 Å². The Hall–Kier alpha value is -0.860. The second kappa shape index (κ2) is 6.06. The molecule has 0 fully saturated rings. The molecule has 1 unspecified atom stereocenters. The second-order valence-corrected chi connectivity index (χ2v) is 6.23. The van der Waals surface area contributed by atoms with E-state index in [4.69, 9.17) is 11.6 Å². The summed E-state index contributed by atoms with van der Waals surface area (Å²) in [4.78, 5) is 0.0837. The van der Waals surface area contributed by atoms with E-state index in [1.165, 1.54) is 17.2 Å². The van der Waals surface area contributed by atoms with Crippen molar-refractivity contribution in [3.63, 3.8) is 0 Å². The Labute approximate surface area is 126 Å². The van der Waals surface area contributed by atoms with Crippen LogP contribution in [0.25, 0.3) is 0 Å². The summed E-state index contributed by atoms with van der Waals surface area (Å²) >= 11 is 9.79. The predicted molar refractivity (Wildman–Crippen MR) is 82.7 cm³/mol. The van der Waals surface area contributed by atoms with Gasteiger partial charge >= 0.3 is 0 Å². The Morgan fingerprint density at radius 3 is 2.53 bits per heavy atom. The lowest BCUT2D eigenvalue weighted by molar-refractivity contribution is 0.617. The molecule has 0 aliphatic rings. The van der Waals surface area contributed by atoms with Gasteiger partial charge in [-0.25, -0.2) is 4.39 Å². The number of halogens is 3. The molecule has 0 saturated carbocycles. The van der Waals surface area contributed by atoms with E-state index in [2.05, 4.69) is 35.0 Å². The number of hydrogen-bond acceptors (Lipinski definition) is 0. The minimum absolute atomic E-state index is 0.0837. The fraction of sp³-hybridized carbons (Fsp3) is 0.250. The molecule has 2 aromatic carbocycles. The Balaban J connectivity index is 2.28. The third kappa shape index (κ3) is 3.37. The fourth-order valence-corrected chi connectivity index (χ4v) is 3.20. The Morgan fingerprint density at radius 1 is 1.16 bits per heavy atom. The average Bonchev–Trinajstić information content (AvgIpc) is 2.36. The molecule has 0 saturated heterocycles. The van der Waals surface area contributed by atoms with Crippen molar-refractivity contribution >= 4 is 27.5 Å². The van der Waals surface area contributed by atoms with Crippen LogP contribution in [0.3, 0.4) is 0 Å². The number of hydrogen-bond donors (Lipinski definition) is 0. The molecule has 100 valence electrons. The first-order chi connectivity index (χ1) is 8.99. The van der Waals surface area contributed by atoms with Crippen LogP contribution in [-0.2, 0) is 6.42 Å². The lowest BCUT2D eigenvalue weighted by Crippen LogP contribution is -2.00. The summed E-state index contributed by atoms with van der Waals surface area (Å²) in [5.41, 5.74) is 4.07. The lowest BCUT2D eigenvalue weighted by Gasteiger charge is -2.15. The molecular weight excluding hydrogens is 327 g/mol. The van der Waals surface area contributed by atoms with Gasteiger partial charge in [-0.05, 0) is 48.6 Å². The average molecular weight is 342 g/mol. The molecule has 1 atom stereocenters. The minimum Gasteiger partial charge on any atom is -0.207 e. The van der Waals surface area contributed by atoms with E-state index in [-0.39, 0.29) is 10.6 Å². The second-order valence-electron chi connectivity index (χ2n) is 4.72. The molecule has 0 aromatic heterocycles. The SMILES string of the molecule is Cc1cc(C(Br)Cc2ccccc2C)c(Cl)cc1F. The van der Waals surface area contributed by atoms with E-state index in [9.17, 15) is 4.39 Å². The van der Waals surface area contributed by atoms with Crippen LogP contribution in [0.1, 0.15) is 27.1 Å². The molecule has 0 N–H and O–H groups in total. The van der Waals surface area contributed by atoms with E-state index in [0.29, 0.717) is 10.6 Å². The number of alkyl halides is 1. The number of benzene rings is 2. The van der Waals surface area contributed by atoms with Gasteiger partial charge in [-0.15, -0.1) is 0 Å². The normalized spacial score (nSPS) is 12.5. The summed E-state index contributed by atoms with van der Waals surface area (Å²) in [6.45, 7) is 3.84. The Morgan fingerprint density at radius 2 is 1.84 bits per heavy atom. The van der Waals surface area contributed by atoms with Crippen molar-refractivity contribution in [1.29, 1.82) is 0 Å². The largest absolute Gasteiger partial charge is 0.207 e. The van der Waals surface area contributed by atoms with Gasteiger partial charge in [0, 0.05) is 9.85 Å². The highest BCUT2D eigenvalue weighted by Crippen LogP contribution is 2.34. The molecule has 2 rings (SSSR count). The van der Waals surface area contributed by atoms with Gasteiger partial charge in [0.05, 0.1) is 0 Å². The van der Waals surface area contributed by atoms with Gasteiger partial charge in [0.15, 0.2) is 0 Å². The summed E-state index contributed by atoms with van der Waals surface area (Å²) < 4.78 is 13.4. The third-order valence-corrected chi connectivity index (χ3v) is 4.42. The molecule has 0 heterocycles. The van der Waals surface area contributed by atoms with Gasteiger partial charge < -0.3 is 0 Å². The van der Waals surface area contributed by atoms with Gasteiger partial charge in [-0.3, -0.25) is 0 Å². The van der Waals surface area contributed by atoms with Crippen LogP contribution in [0.5, 0.6) is 0 Å². The molecule has 19 heavy (non-hydrogen) atoms. The van der Waals surface area contributed by atoms with Gasteiger partial charge in [-0.1, -0.05) is 57.9 Å². The topological polar surface area (TPSA) is 0 Å². The standard InChI is InChI=1S/C16H15BrClF/c1-10-5-3-4-6-12(10)8-14(17)13-7-11(2)16(19)9-15(13)18/h3-7,9,14H,8H2,1-2H3. The highest BCUT2D eigenvalue weighted by molar-refractivity contribution is 9.09. The first-order valence-corrected chi connectivity index (χ1v) is 7.42. The Kier molecular flexibility index (Phi) is 4.64. The van der Waals surface area contributed by atoms with Gasteiger partial charge in [-0.2, -0.15) is 0 Å². The molecule has 0 radical (unpaired) electrons. The molecule has 0 aliphatic carbocycles. The first-order valence-electron chi connectivity index (χ1n) is 6.13. The smallest absolute Gasteiger partial charge is 0.127 e. The molecule has 0 bridgehead atoms. The zero-order valence-corrected chi connectivity index (χ0v) is 13.2. The van der Waals surface area contributed by atoms with Crippen LogP contribution in [-0.4, -0.2) is 0 Å². The van der Waals surface area contributed by atoms with Crippen molar-refractivity contribution in [2.24, 2.45) is 0 Å². The van der Waals surface area contributed by atoms with Crippen molar-refractivity contribution in [1.82, 2.24) is 0 Å². The van der Waals surface area contributed by atoms with Crippen LogP contribution in [0.2, 0.25) is 5.02 Å². The Bertz CT molecular complexity index is 595. The van der Waals surface area contributed by atoms with E-state index in [1.807, 2.05) is 18.2 Å². The summed E-state index contributed by atoms with van der Waals surface area (Å²) in [5, 5.41) is 0.471. The van der Waals surface area contributed by atoms with Gasteiger partial charge in [0.2, 0.25) is 0 Å². The molecular formula is C16H15BrClF. The van der Waals surface area contributed by atoms with Crippen molar-refractivity contribution < 1.29 is 4.39 Å². The predicted octanol–water partition coefficient (Wildman–Crippen LogP) is 5.77. The summed E-state index contributed by atoms with van der Waals surface area (Å²) in [7, 11) is 0. The number of rotatable bonds is 3. The highest BCUT2D eigenvalue weighted by atomic mass is 79.9. The zero-order chi connectivity index (χ0) is 14.0. The maximum absolute atomic E-state index is 13.4. The summed E-state index contributed by atoms with van der Waals surface area (Å²) in [6, 6.07) is 11.4. The van der Waals surface area contributed by atoms with E-state index >= 15 is 0 Å². The van der Waals surface area contributed by atoms with Crippen molar-refractivity contribution in [2.75, 3.05) is 0 Å². The maximum atomic E-state index is 13.4. The van der Waals surface area contributed by atoms with Crippen molar-refractivity contribution in [2.45, 2.75) is 25.1 Å². The lowest BCUT2D eigenvalue weighted by atomic mass is 9.99. The minimum atomic E-state index is -0.260. The van der Waals surface area contributed by atoms with Crippen molar-refractivity contribution in [3.05, 3.63) is 69.5 Å². The quantitative estimate of drug-likeness (QED) is 0.621. The van der Waals surface area contributed by atoms with Crippen LogP contribution in [0.4, 0.5) is 4.39 Å². The first kappa shape index (κ1) is 14.5. The number of aryl methyl sites for hydroxylation is 2. The highest BCUT2D eigenvalue weighted by Gasteiger charge is 2.15. The monoisotopic (exact) mass is 340 g/mol. The molecule has 0 spiro atoms. The fourth-order valence-electron chi connectivity index (χ4n) is 2.06. The van der Waals surface area contributed by atoms with Crippen LogP contribution < -0.4 is 0 Å². The van der Waals surface area contributed by atoms with E-state index in [0.717, 1.165) is 12.0 Å². The van der Waals surface area contributed by atoms with Crippen LogP contribution >= 0.6 is 27.5 Å². The third-order valence-electron chi connectivity index (χ3n) is 3.28.